The third-order valence-electron chi connectivity index (χ3n) is 5.36. The second-order valence-electron chi connectivity index (χ2n) is 7.04. The molecule has 2 rings (SSSR count). The number of carbonyl (C=O) groups excluding carboxylic acids is 2. The van der Waals surface area contributed by atoms with Crippen molar-refractivity contribution >= 4 is 11.6 Å². The Bertz CT molecular complexity index is 521. The van der Waals surface area contributed by atoms with E-state index in [2.05, 4.69) is 26.0 Å². The fourth-order valence-electron chi connectivity index (χ4n) is 3.83. The van der Waals surface area contributed by atoms with Crippen molar-refractivity contribution in [1.29, 1.82) is 0 Å². The highest BCUT2D eigenvalue weighted by molar-refractivity contribution is 5.95. The van der Waals surface area contributed by atoms with E-state index in [9.17, 15) is 9.59 Å². The number of rotatable bonds is 7. The maximum atomic E-state index is 12.4. The zero-order valence-corrected chi connectivity index (χ0v) is 14.8. The van der Waals surface area contributed by atoms with Gasteiger partial charge in [-0.15, -0.1) is 0 Å². The van der Waals surface area contributed by atoms with Gasteiger partial charge in [0.05, 0.1) is 0 Å². The van der Waals surface area contributed by atoms with Crippen molar-refractivity contribution in [2.24, 2.45) is 11.8 Å². The van der Waals surface area contributed by atoms with E-state index < -0.39 is 0 Å². The molecule has 1 aromatic carbocycles. The average molecular weight is 314 g/mol. The van der Waals surface area contributed by atoms with Gasteiger partial charge in [-0.3, -0.25) is 9.59 Å². The van der Waals surface area contributed by atoms with Gasteiger partial charge in [-0.25, -0.2) is 0 Å². The first-order valence-electron chi connectivity index (χ1n) is 9.23. The highest BCUT2D eigenvalue weighted by Crippen LogP contribution is 2.37. The summed E-state index contributed by atoms with van der Waals surface area (Å²) in [6, 6.07) is 8.13. The number of ketones is 2. The van der Waals surface area contributed by atoms with Crippen molar-refractivity contribution in [2.45, 2.75) is 71.6 Å². The summed E-state index contributed by atoms with van der Waals surface area (Å²) in [4.78, 5) is 24.1. The van der Waals surface area contributed by atoms with Crippen LogP contribution in [0.5, 0.6) is 0 Å². The molecule has 1 aromatic rings. The third kappa shape index (κ3) is 4.53. The molecule has 0 heterocycles. The van der Waals surface area contributed by atoms with E-state index in [4.69, 9.17) is 0 Å². The summed E-state index contributed by atoms with van der Waals surface area (Å²) >= 11 is 0. The largest absolute Gasteiger partial charge is 0.299 e. The van der Waals surface area contributed by atoms with Crippen LogP contribution in [0.4, 0.5) is 0 Å². The minimum Gasteiger partial charge on any atom is -0.299 e. The Labute approximate surface area is 140 Å². The normalized spacial score (nSPS) is 22.6. The molecular formula is C21H30O2. The summed E-state index contributed by atoms with van der Waals surface area (Å²) in [5.74, 6) is 1.73. The van der Waals surface area contributed by atoms with Crippen LogP contribution >= 0.6 is 0 Å². The zero-order chi connectivity index (χ0) is 16.8. The monoisotopic (exact) mass is 314 g/mol. The lowest BCUT2D eigenvalue weighted by Crippen LogP contribution is -2.25. The van der Waals surface area contributed by atoms with Gasteiger partial charge in [-0.1, -0.05) is 51.5 Å². The molecule has 0 bridgehead atoms. The van der Waals surface area contributed by atoms with E-state index in [-0.39, 0.29) is 17.6 Å². The van der Waals surface area contributed by atoms with Crippen molar-refractivity contribution in [1.82, 2.24) is 0 Å². The predicted octanol–water partition coefficient (Wildman–Crippen LogP) is 5.56. The van der Waals surface area contributed by atoms with Crippen LogP contribution in [-0.2, 0) is 4.79 Å². The maximum absolute atomic E-state index is 12.4. The topological polar surface area (TPSA) is 34.1 Å². The minimum absolute atomic E-state index is 0.204. The highest BCUT2D eigenvalue weighted by Gasteiger charge is 2.29. The van der Waals surface area contributed by atoms with E-state index in [0.29, 0.717) is 18.1 Å². The van der Waals surface area contributed by atoms with Crippen LogP contribution in [0.1, 0.15) is 87.6 Å². The lowest BCUT2D eigenvalue weighted by Gasteiger charge is -2.29. The molecule has 0 N–H and O–H groups in total. The van der Waals surface area contributed by atoms with Crippen LogP contribution in [0.15, 0.2) is 24.3 Å². The number of benzene rings is 1. The fraction of sp³-hybridized carbons (Fsp3) is 0.619. The van der Waals surface area contributed by atoms with Gasteiger partial charge in [0.1, 0.15) is 5.78 Å². The lowest BCUT2D eigenvalue weighted by molar-refractivity contribution is -0.127. The molecule has 1 fully saturated rings. The maximum Gasteiger partial charge on any atom is 0.162 e. The van der Waals surface area contributed by atoms with Gasteiger partial charge >= 0.3 is 0 Å². The second kappa shape index (κ2) is 8.42. The van der Waals surface area contributed by atoms with E-state index in [0.717, 1.165) is 44.1 Å². The number of hydrogen-bond acceptors (Lipinski definition) is 2. The summed E-state index contributed by atoms with van der Waals surface area (Å²) < 4.78 is 0. The Morgan fingerprint density at radius 1 is 1.04 bits per heavy atom. The van der Waals surface area contributed by atoms with E-state index >= 15 is 0 Å². The molecule has 0 amide bonds. The van der Waals surface area contributed by atoms with Gasteiger partial charge in [-0.2, -0.15) is 0 Å². The van der Waals surface area contributed by atoms with Crippen molar-refractivity contribution in [3.8, 4) is 0 Å². The second-order valence-corrected chi connectivity index (χ2v) is 7.04. The molecule has 0 aromatic heterocycles. The molecule has 1 atom stereocenters. The van der Waals surface area contributed by atoms with Crippen LogP contribution < -0.4 is 0 Å². The van der Waals surface area contributed by atoms with Gasteiger partial charge in [-0.05, 0) is 43.6 Å². The van der Waals surface area contributed by atoms with E-state index in [1.807, 2.05) is 19.1 Å². The SMILES string of the molecule is CCCC(C)C(=O)C1CCC(c2ccc(C(=O)CC)cc2)CC1. The molecular weight excluding hydrogens is 284 g/mol. The molecule has 126 valence electrons. The van der Waals surface area contributed by atoms with Gasteiger partial charge in [0.2, 0.25) is 0 Å². The van der Waals surface area contributed by atoms with Gasteiger partial charge < -0.3 is 0 Å². The Morgan fingerprint density at radius 3 is 2.17 bits per heavy atom. The highest BCUT2D eigenvalue weighted by atomic mass is 16.1. The Morgan fingerprint density at radius 2 is 1.65 bits per heavy atom. The molecule has 2 heteroatoms. The van der Waals surface area contributed by atoms with Crippen molar-refractivity contribution in [3.05, 3.63) is 35.4 Å². The molecule has 2 nitrogen and oxygen atoms in total. The first kappa shape index (κ1) is 17.9. The molecule has 1 saturated carbocycles. The number of hydrogen-bond donors (Lipinski definition) is 0. The average Bonchev–Trinajstić information content (AvgIpc) is 2.61. The number of Topliss-reactive ketones (excluding diaryl/α,β-unsaturated/α-hetero) is 2. The fourth-order valence-corrected chi connectivity index (χ4v) is 3.83. The summed E-state index contributed by atoms with van der Waals surface area (Å²) in [7, 11) is 0. The molecule has 0 saturated heterocycles. The van der Waals surface area contributed by atoms with Crippen LogP contribution in [0.2, 0.25) is 0 Å². The van der Waals surface area contributed by atoms with Crippen molar-refractivity contribution < 1.29 is 9.59 Å². The zero-order valence-electron chi connectivity index (χ0n) is 14.8. The summed E-state index contributed by atoms with van der Waals surface area (Å²) in [5, 5.41) is 0. The molecule has 1 unspecified atom stereocenters. The van der Waals surface area contributed by atoms with Crippen LogP contribution in [0.3, 0.4) is 0 Å². The smallest absolute Gasteiger partial charge is 0.162 e. The quantitative estimate of drug-likeness (QED) is 0.618. The van der Waals surface area contributed by atoms with E-state index in [1.165, 1.54) is 5.56 Å². The minimum atomic E-state index is 0.204. The lowest BCUT2D eigenvalue weighted by atomic mass is 9.75. The molecule has 23 heavy (non-hydrogen) atoms. The molecule has 0 aliphatic heterocycles. The van der Waals surface area contributed by atoms with Gasteiger partial charge in [0.15, 0.2) is 5.78 Å². The summed E-state index contributed by atoms with van der Waals surface area (Å²) in [6.45, 7) is 6.13. The van der Waals surface area contributed by atoms with Crippen LogP contribution in [0.25, 0.3) is 0 Å². The summed E-state index contributed by atoms with van der Waals surface area (Å²) in [6.07, 6.45) is 6.90. The molecule has 0 spiro atoms. The molecule has 1 aliphatic rings. The Balaban J connectivity index is 1.91. The first-order chi connectivity index (χ1) is 11.1. The van der Waals surface area contributed by atoms with Crippen molar-refractivity contribution in [2.75, 3.05) is 0 Å². The Kier molecular flexibility index (Phi) is 6.56. The first-order valence-corrected chi connectivity index (χ1v) is 9.23. The van der Waals surface area contributed by atoms with Crippen LogP contribution in [-0.4, -0.2) is 11.6 Å². The molecule has 1 aliphatic carbocycles. The summed E-state index contributed by atoms with van der Waals surface area (Å²) in [5.41, 5.74) is 2.14. The van der Waals surface area contributed by atoms with Gasteiger partial charge in [0.25, 0.3) is 0 Å². The van der Waals surface area contributed by atoms with Gasteiger partial charge in [0, 0.05) is 23.8 Å². The predicted molar refractivity (Wildman–Crippen MR) is 94.8 cm³/mol. The number of carbonyl (C=O) groups is 2. The van der Waals surface area contributed by atoms with E-state index in [1.54, 1.807) is 0 Å². The standard InChI is InChI=1S/C21H30O2/c1-4-6-15(3)21(23)19-13-9-17(10-14-19)16-7-11-18(12-8-16)20(22)5-2/h7-8,11-12,15,17,19H,4-6,9-10,13-14H2,1-3H3. The molecule has 0 radical (unpaired) electrons. The third-order valence-corrected chi connectivity index (χ3v) is 5.36. The Hall–Kier alpha value is -1.44. The van der Waals surface area contributed by atoms with Crippen molar-refractivity contribution in [3.63, 3.8) is 0 Å². The van der Waals surface area contributed by atoms with Crippen LogP contribution in [0, 0.1) is 11.8 Å².